The molecule has 0 bridgehead atoms. The number of aromatic hydroxyl groups is 1. The number of halogens is 2. The minimum atomic E-state index is -0.802. The molecule has 6 heteroatoms. The van der Waals surface area contributed by atoms with Gasteiger partial charge in [-0.2, -0.15) is 5.10 Å². The molecule has 0 saturated heterocycles. The largest absolute Gasteiger partial charge is 0.507 e. The molecule has 0 aliphatic carbocycles. The standard InChI is InChI=1S/C23H20F2N2O2/c1-14(2)13-27-20-11-18(17-5-3-4-6-21(17)28)23(9-15(20)12-26-27)29-22-8-7-16(24)10-19(22)25/h3-12,14,28H,13H2,1-2H3. The second kappa shape index (κ2) is 7.54. The SMILES string of the molecule is CC(C)Cn1ncc2cc(Oc3ccc(F)cc3F)c(-c3ccccc3O)cc21. The molecule has 4 rings (SSSR count). The lowest BCUT2D eigenvalue weighted by Gasteiger charge is -2.15. The molecular formula is C23H20F2N2O2. The van der Waals surface area contributed by atoms with E-state index in [-0.39, 0.29) is 11.5 Å². The zero-order valence-electron chi connectivity index (χ0n) is 16.1. The highest BCUT2D eigenvalue weighted by atomic mass is 19.1. The number of para-hydroxylation sites is 1. The van der Waals surface area contributed by atoms with Gasteiger partial charge >= 0.3 is 0 Å². The second-order valence-corrected chi connectivity index (χ2v) is 7.32. The van der Waals surface area contributed by atoms with Crippen molar-refractivity contribution in [2.24, 2.45) is 5.92 Å². The first-order valence-corrected chi connectivity index (χ1v) is 9.33. The Balaban J connectivity index is 1.90. The first kappa shape index (κ1) is 18.9. The average molecular weight is 394 g/mol. The van der Waals surface area contributed by atoms with Crippen LogP contribution in [0.3, 0.4) is 0 Å². The molecule has 0 aliphatic heterocycles. The lowest BCUT2D eigenvalue weighted by atomic mass is 10.0. The molecule has 0 radical (unpaired) electrons. The minimum absolute atomic E-state index is 0.0752. The summed E-state index contributed by atoms with van der Waals surface area (Å²) >= 11 is 0. The molecular weight excluding hydrogens is 374 g/mol. The van der Waals surface area contributed by atoms with Gasteiger partial charge in [0.05, 0.1) is 11.7 Å². The molecule has 3 aromatic carbocycles. The van der Waals surface area contributed by atoms with E-state index in [0.717, 1.165) is 29.6 Å². The quantitative estimate of drug-likeness (QED) is 0.443. The number of nitrogens with zero attached hydrogens (tertiary/aromatic N) is 2. The zero-order valence-corrected chi connectivity index (χ0v) is 16.1. The monoisotopic (exact) mass is 394 g/mol. The Kier molecular flexibility index (Phi) is 4.92. The highest BCUT2D eigenvalue weighted by Crippen LogP contribution is 2.41. The van der Waals surface area contributed by atoms with Crippen molar-refractivity contribution < 1.29 is 18.6 Å². The fraction of sp³-hybridized carbons (Fsp3) is 0.174. The Morgan fingerprint density at radius 1 is 1.00 bits per heavy atom. The molecule has 4 nitrogen and oxygen atoms in total. The fourth-order valence-electron chi connectivity index (χ4n) is 3.27. The van der Waals surface area contributed by atoms with Gasteiger partial charge in [-0.15, -0.1) is 0 Å². The molecule has 148 valence electrons. The fourth-order valence-corrected chi connectivity index (χ4v) is 3.27. The molecule has 4 aromatic rings. The van der Waals surface area contributed by atoms with Crippen LogP contribution in [0.2, 0.25) is 0 Å². The number of aromatic nitrogens is 2. The molecule has 0 saturated carbocycles. The van der Waals surface area contributed by atoms with E-state index in [1.54, 1.807) is 36.5 Å². The van der Waals surface area contributed by atoms with Gasteiger partial charge < -0.3 is 9.84 Å². The molecule has 1 heterocycles. The second-order valence-electron chi connectivity index (χ2n) is 7.32. The van der Waals surface area contributed by atoms with Crippen LogP contribution < -0.4 is 4.74 Å². The molecule has 1 N–H and O–H groups in total. The molecule has 0 atom stereocenters. The van der Waals surface area contributed by atoms with E-state index in [1.807, 2.05) is 10.7 Å². The van der Waals surface area contributed by atoms with Crippen LogP contribution in [0.4, 0.5) is 8.78 Å². The van der Waals surface area contributed by atoms with Crippen LogP contribution in [-0.2, 0) is 6.54 Å². The van der Waals surface area contributed by atoms with Crippen LogP contribution >= 0.6 is 0 Å². The van der Waals surface area contributed by atoms with Crippen LogP contribution in [0.5, 0.6) is 17.2 Å². The normalized spacial score (nSPS) is 11.3. The average Bonchev–Trinajstić information content (AvgIpc) is 3.05. The maximum atomic E-state index is 14.2. The molecule has 29 heavy (non-hydrogen) atoms. The molecule has 0 spiro atoms. The Hall–Kier alpha value is -3.41. The smallest absolute Gasteiger partial charge is 0.168 e. The number of phenols is 1. The van der Waals surface area contributed by atoms with Crippen LogP contribution in [0.15, 0.2) is 60.8 Å². The van der Waals surface area contributed by atoms with Crippen LogP contribution in [0, 0.1) is 17.6 Å². The minimum Gasteiger partial charge on any atom is -0.507 e. The predicted octanol–water partition coefficient (Wildman–Crippen LogP) is 6.14. The third-order valence-electron chi connectivity index (χ3n) is 4.59. The first-order valence-electron chi connectivity index (χ1n) is 9.33. The third-order valence-corrected chi connectivity index (χ3v) is 4.59. The van der Waals surface area contributed by atoms with Crippen molar-refractivity contribution in [2.75, 3.05) is 0 Å². The number of fused-ring (bicyclic) bond motifs is 1. The van der Waals surface area contributed by atoms with Crippen molar-refractivity contribution in [1.82, 2.24) is 9.78 Å². The van der Waals surface area contributed by atoms with Crippen molar-refractivity contribution >= 4 is 10.9 Å². The van der Waals surface area contributed by atoms with E-state index in [9.17, 15) is 13.9 Å². The summed E-state index contributed by atoms with van der Waals surface area (Å²) in [6, 6.07) is 13.6. The van der Waals surface area contributed by atoms with Crippen molar-refractivity contribution in [3.8, 4) is 28.4 Å². The van der Waals surface area contributed by atoms with E-state index in [2.05, 4.69) is 18.9 Å². The van der Waals surface area contributed by atoms with E-state index in [0.29, 0.717) is 22.8 Å². The van der Waals surface area contributed by atoms with Gasteiger partial charge in [0.25, 0.3) is 0 Å². The number of hydrogen-bond acceptors (Lipinski definition) is 3. The molecule has 0 aliphatic rings. The van der Waals surface area contributed by atoms with Gasteiger partial charge in [0.2, 0.25) is 0 Å². The van der Waals surface area contributed by atoms with Gasteiger partial charge in [0.15, 0.2) is 11.6 Å². The summed E-state index contributed by atoms with van der Waals surface area (Å²) in [6.45, 7) is 4.94. The summed E-state index contributed by atoms with van der Waals surface area (Å²) in [4.78, 5) is 0. The van der Waals surface area contributed by atoms with Crippen molar-refractivity contribution in [1.29, 1.82) is 0 Å². The maximum Gasteiger partial charge on any atom is 0.168 e. The van der Waals surface area contributed by atoms with Gasteiger partial charge in [-0.25, -0.2) is 8.78 Å². The van der Waals surface area contributed by atoms with Gasteiger partial charge in [-0.05, 0) is 36.2 Å². The Labute approximate surface area is 167 Å². The Morgan fingerprint density at radius 3 is 2.52 bits per heavy atom. The van der Waals surface area contributed by atoms with Crippen LogP contribution in [0.1, 0.15) is 13.8 Å². The molecule has 0 amide bonds. The summed E-state index contributed by atoms with van der Waals surface area (Å²) in [7, 11) is 0. The van der Waals surface area contributed by atoms with Crippen LogP contribution in [0.25, 0.3) is 22.0 Å². The maximum absolute atomic E-state index is 14.2. The van der Waals surface area contributed by atoms with Gasteiger partial charge in [0.1, 0.15) is 17.3 Å². The molecule has 0 fully saturated rings. The van der Waals surface area contributed by atoms with E-state index in [1.165, 1.54) is 6.07 Å². The summed E-state index contributed by atoms with van der Waals surface area (Å²) < 4.78 is 35.1. The first-order chi connectivity index (χ1) is 13.9. The van der Waals surface area contributed by atoms with Crippen molar-refractivity contribution in [3.05, 3.63) is 72.4 Å². The number of phenolic OH excluding ortho intramolecular Hbond substituents is 1. The summed E-state index contributed by atoms with van der Waals surface area (Å²) in [5, 5.41) is 15.6. The number of ether oxygens (including phenoxy) is 1. The lowest BCUT2D eigenvalue weighted by Crippen LogP contribution is -2.05. The van der Waals surface area contributed by atoms with Crippen molar-refractivity contribution in [2.45, 2.75) is 20.4 Å². The number of hydrogen-bond donors (Lipinski definition) is 1. The molecule has 1 aromatic heterocycles. The van der Waals surface area contributed by atoms with Gasteiger partial charge in [-0.1, -0.05) is 32.0 Å². The topological polar surface area (TPSA) is 47.3 Å². The third kappa shape index (κ3) is 3.78. The zero-order chi connectivity index (χ0) is 20.5. The van der Waals surface area contributed by atoms with Gasteiger partial charge in [0, 0.05) is 29.1 Å². The van der Waals surface area contributed by atoms with E-state index in [4.69, 9.17) is 4.74 Å². The highest BCUT2D eigenvalue weighted by molar-refractivity contribution is 5.89. The Morgan fingerprint density at radius 2 is 1.79 bits per heavy atom. The van der Waals surface area contributed by atoms with E-state index >= 15 is 0 Å². The van der Waals surface area contributed by atoms with Crippen molar-refractivity contribution in [3.63, 3.8) is 0 Å². The predicted molar refractivity (Wildman–Crippen MR) is 108 cm³/mol. The Bertz CT molecular complexity index is 1180. The van der Waals surface area contributed by atoms with E-state index < -0.39 is 11.6 Å². The summed E-state index contributed by atoms with van der Waals surface area (Å²) in [6.07, 6.45) is 1.72. The highest BCUT2D eigenvalue weighted by Gasteiger charge is 2.17. The van der Waals surface area contributed by atoms with Gasteiger partial charge in [-0.3, -0.25) is 4.68 Å². The molecule has 0 unspecified atom stereocenters. The lowest BCUT2D eigenvalue weighted by molar-refractivity contribution is 0.438. The summed E-state index contributed by atoms with van der Waals surface area (Å²) in [5.41, 5.74) is 2.01. The summed E-state index contributed by atoms with van der Waals surface area (Å²) in [5.74, 6) is -0.766. The number of benzene rings is 3. The van der Waals surface area contributed by atoms with Crippen LogP contribution in [-0.4, -0.2) is 14.9 Å². The number of rotatable bonds is 5.